The summed E-state index contributed by atoms with van der Waals surface area (Å²) in [5.41, 5.74) is 3.29. The van der Waals surface area contributed by atoms with Crippen molar-refractivity contribution in [3.05, 3.63) is 54.9 Å². The number of pyridine rings is 3. The molecule has 0 aliphatic carbocycles. The second-order valence-electron chi connectivity index (χ2n) is 7.01. The third kappa shape index (κ3) is 3.11. The molecule has 0 bridgehead atoms. The summed E-state index contributed by atoms with van der Waals surface area (Å²) < 4.78 is 20.2. The molecule has 1 unspecified atom stereocenters. The summed E-state index contributed by atoms with van der Waals surface area (Å²) in [4.78, 5) is 15.5. The fourth-order valence-corrected chi connectivity index (χ4v) is 3.75. The Labute approximate surface area is 166 Å². The monoisotopic (exact) mass is 390 g/mol. The van der Waals surface area contributed by atoms with Gasteiger partial charge in [0.1, 0.15) is 17.0 Å². The van der Waals surface area contributed by atoms with Gasteiger partial charge in [-0.05, 0) is 42.8 Å². The lowest BCUT2D eigenvalue weighted by Crippen LogP contribution is -2.44. The van der Waals surface area contributed by atoms with Gasteiger partial charge >= 0.3 is 0 Å². The third-order valence-electron chi connectivity index (χ3n) is 5.18. The minimum Gasteiger partial charge on any atom is -0.377 e. The highest BCUT2D eigenvalue weighted by molar-refractivity contribution is 6.01. The summed E-state index contributed by atoms with van der Waals surface area (Å²) in [6.07, 6.45) is 4.82. The summed E-state index contributed by atoms with van der Waals surface area (Å²) in [6.45, 7) is 4.06. The van der Waals surface area contributed by atoms with Crippen LogP contribution in [-0.4, -0.2) is 50.9 Å². The molecular formula is C21H19FN6O. The molecule has 1 fully saturated rings. The van der Waals surface area contributed by atoms with Crippen molar-refractivity contribution in [3.8, 4) is 22.5 Å². The number of anilines is 1. The van der Waals surface area contributed by atoms with E-state index in [1.807, 2.05) is 18.2 Å². The van der Waals surface area contributed by atoms with Gasteiger partial charge in [0.2, 0.25) is 5.95 Å². The number of H-pyrrole nitrogens is 1. The number of hydrogen-bond acceptors (Lipinski definition) is 6. The van der Waals surface area contributed by atoms with Gasteiger partial charge in [0.25, 0.3) is 0 Å². The van der Waals surface area contributed by atoms with Crippen LogP contribution in [-0.2, 0) is 4.74 Å². The number of aromatic nitrogens is 5. The zero-order valence-corrected chi connectivity index (χ0v) is 15.8. The summed E-state index contributed by atoms with van der Waals surface area (Å²) in [7, 11) is 0. The molecular weight excluding hydrogens is 371 g/mol. The molecule has 29 heavy (non-hydrogen) atoms. The first kappa shape index (κ1) is 17.7. The van der Waals surface area contributed by atoms with E-state index in [1.165, 1.54) is 6.20 Å². The van der Waals surface area contributed by atoms with Crippen LogP contribution in [0.25, 0.3) is 33.4 Å². The summed E-state index contributed by atoms with van der Waals surface area (Å²) in [6, 6.07) is 9.26. The summed E-state index contributed by atoms with van der Waals surface area (Å²) >= 11 is 0. The maximum absolute atomic E-state index is 14.6. The topological polar surface area (TPSA) is 79.8 Å². The van der Waals surface area contributed by atoms with Gasteiger partial charge in [0.05, 0.1) is 24.9 Å². The molecule has 1 aliphatic heterocycles. The highest BCUT2D eigenvalue weighted by atomic mass is 19.1. The standard InChI is InChI=1S/C21H19FN6O/c1-13-12-29-10-9-28(13)18-11-16(15-3-2-6-24-21(15)22)14-4-7-23-20(19(14)26-18)17-5-8-25-27-17/h2-8,11,13H,9-10,12H2,1H3,(H,25,27). The Hall–Kier alpha value is -3.39. The van der Waals surface area contributed by atoms with Crippen LogP contribution in [0.5, 0.6) is 0 Å². The van der Waals surface area contributed by atoms with Crippen molar-refractivity contribution in [1.29, 1.82) is 0 Å². The zero-order chi connectivity index (χ0) is 19.8. The van der Waals surface area contributed by atoms with Crippen LogP contribution >= 0.6 is 0 Å². The van der Waals surface area contributed by atoms with E-state index in [2.05, 4.69) is 32.0 Å². The molecule has 146 valence electrons. The van der Waals surface area contributed by atoms with E-state index >= 15 is 0 Å². The second-order valence-corrected chi connectivity index (χ2v) is 7.01. The Morgan fingerprint density at radius 2 is 2.07 bits per heavy atom. The van der Waals surface area contributed by atoms with Gasteiger partial charge in [-0.15, -0.1) is 0 Å². The molecule has 0 amide bonds. The first-order chi connectivity index (χ1) is 14.2. The van der Waals surface area contributed by atoms with Crippen molar-refractivity contribution in [2.45, 2.75) is 13.0 Å². The van der Waals surface area contributed by atoms with Crippen LogP contribution < -0.4 is 4.90 Å². The molecule has 0 saturated carbocycles. The average Bonchev–Trinajstić information content (AvgIpc) is 3.28. The van der Waals surface area contributed by atoms with Crippen LogP contribution in [0.15, 0.2) is 48.9 Å². The molecule has 4 aromatic rings. The Bertz CT molecular complexity index is 1160. The van der Waals surface area contributed by atoms with Crippen LogP contribution in [0.4, 0.5) is 10.2 Å². The zero-order valence-electron chi connectivity index (χ0n) is 15.8. The summed E-state index contributed by atoms with van der Waals surface area (Å²) in [5.74, 6) is 0.251. The Morgan fingerprint density at radius 1 is 1.14 bits per heavy atom. The van der Waals surface area contributed by atoms with Crippen LogP contribution in [0.2, 0.25) is 0 Å². The molecule has 1 N–H and O–H groups in total. The number of rotatable bonds is 3. The van der Waals surface area contributed by atoms with E-state index in [1.54, 1.807) is 24.5 Å². The molecule has 4 aromatic heterocycles. The fraction of sp³-hybridized carbons (Fsp3) is 0.238. The minimum absolute atomic E-state index is 0.160. The SMILES string of the molecule is CC1COCCN1c1cc(-c2cccnc2F)c2ccnc(-c3ccn[nH]3)c2n1. The predicted molar refractivity (Wildman–Crippen MR) is 108 cm³/mol. The third-order valence-corrected chi connectivity index (χ3v) is 5.18. The van der Waals surface area contributed by atoms with E-state index in [0.717, 1.165) is 22.5 Å². The number of ether oxygens (including phenoxy) is 1. The highest BCUT2D eigenvalue weighted by Gasteiger charge is 2.23. The van der Waals surface area contributed by atoms with Crippen LogP contribution in [0.3, 0.4) is 0 Å². The van der Waals surface area contributed by atoms with Gasteiger partial charge in [-0.1, -0.05) is 0 Å². The first-order valence-electron chi connectivity index (χ1n) is 9.47. The maximum Gasteiger partial charge on any atom is 0.220 e. The summed E-state index contributed by atoms with van der Waals surface area (Å²) in [5, 5.41) is 7.79. The molecule has 0 spiro atoms. The number of fused-ring (bicyclic) bond motifs is 1. The molecule has 1 aliphatic rings. The van der Waals surface area contributed by atoms with E-state index in [9.17, 15) is 4.39 Å². The smallest absolute Gasteiger partial charge is 0.220 e. The lowest BCUT2D eigenvalue weighted by atomic mass is 10.0. The predicted octanol–water partition coefficient (Wildman–Crippen LogP) is 3.45. The Kier molecular flexibility index (Phi) is 4.40. The van der Waals surface area contributed by atoms with E-state index in [0.29, 0.717) is 36.5 Å². The van der Waals surface area contributed by atoms with Crippen molar-refractivity contribution in [3.63, 3.8) is 0 Å². The quantitative estimate of drug-likeness (QED) is 0.540. The largest absolute Gasteiger partial charge is 0.377 e. The van der Waals surface area contributed by atoms with E-state index in [-0.39, 0.29) is 6.04 Å². The van der Waals surface area contributed by atoms with Gasteiger partial charge in [0, 0.05) is 36.1 Å². The first-order valence-corrected chi connectivity index (χ1v) is 9.47. The molecule has 1 atom stereocenters. The molecule has 7 nitrogen and oxygen atoms in total. The van der Waals surface area contributed by atoms with Gasteiger partial charge in [0.15, 0.2) is 0 Å². The van der Waals surface area contributed by atoms with Crippen molar-refractivity contribution in [2.24, 2.45) is 0 Å². The molecule has 5 heterocycles. The highest BCUT2D eigenvalue weighted by Crippen LogP contribution is 2.36. The fourth-order valence-electron chi connectivity index (χ4n) is 3.75. The van der Waals surface area contributed by atoms with Crippen LogP contribution in [0.1, 0.15) is 6.92 Å². The number of nitrogens with zero attached hydrogens (tertiary/aromatic N) is 5. The normalized spacial score (nSPS) is 17.0. The van der Waals surface area contributed by atoms with Crippen molar-refractivity contribution < 1.29 is 9.13 Å². The van der Waals surface area contributed by atoms with Gasteiger partial charge in [-0.3, -0.25) is 10.1 Å². The number of morpholine rings is 1. The van der Waals surface area contributed by atoms with Gasteiger partial charge in [-0.2, -0.15) is 9.49 Å². The lowest BCUT2D eigenvalue weighted by molar-refractivity contribution is 0.0986. The maximum atomic E-state index is 14.6. The number of hydrogen-bond donors (Lipinski definition) is 1. The van der Waals surface area contributed by atoms with Gasteiger partial charge in [-0.25, -0.2) is 9.97 Å². The number of nitrogens with one attached hydrogen (secondary N) is 1. The molecule has 8 heteroatoms. The van der Waals surface area contributed by atoms with Crippen molar-refractivity contribution in [2.75, 3.05) is 24.7 Å². The molecule has 5 rings (SSSR count). The van der Waals surface area contributed by atoms with Crippen molar-refractivity contribution in [1.82, 2.24) is 25.1 Å². The van der Waals surface area contributed by atoms with Crippen molar-refractivity contribution >= 4 is 16.7 Å². The second kappa shape index (κ2) is 7.21. The average molecular weight is 390 g/mol. The Balaban J connectivity index is 1.80. The van der Waals surface area contributed by atoms with Gasteiger partial charge < -0.3 is 9.64 Å². The molecule has 0 radical (unpaired) electrons. The molecule has 1 saturated heterocycles. The van der Waals surface area contributed by atoms with E-state index < -0.39 is 5.95 Å². The number of aromatic amines is 1. The van der Waals surface area contributed by atoms with Crippen LogP contribution in [0, 0.1) is 5.95 Å². The number of halogens is 1. The van der Waals surface area contributed by atoms with E-state index in [4.69, 9.17) is 9.72 Å². The minimum atomic E-state index is -0.513. The lowest BCUT2D eigenvalue weighted by Gasteiger charge is -2.34. The Morgan fingerprint density at radius 3 is 2.86 bits per heavy atom. The molecule has 0 aromatic carbocycles.